The maximum Gasteiger partial charge on any atom is -0.00518 e. The molecule has 0 amide bonds. The smallest absolute Gasteiger partial charge is 0.00518 e. The Kier molecular flexibility index (Phi) is 3.95. The average molecular weight is 213 g/mol. The molecule has 0 spiro atoms. The van der Waals surface area contributed by atoms with Crippen LogP contribution in [-0.4, -0.2) is 13.6 Å². The summed E-state index contributed by atoms with van der Waals surface area (Å²) in [6, 6.07) is 15.3. The second kappa shape index (κ2) is 5.66. The molecule has 1 N–H and O–H groups in total. The lowest BCUT2D eigenvalue weighted by atomic mass is 10.0. The summed E-state index contributed by atoms with van der Waals surface area (Å²) in [5.41, 5.74) is 1.45. The summed E-state index contributed by atoms with van der Waals surface area (Å²) < 4.78 is 0. The second-order valence-electron chi connectivity index (χ2n) is 4.24. The molecule has 0 saturated heterocycles. The van der Waals surface area contributed by atoms with E-state index >= 15 is 0 Å². The molecule has 0 aromatic heterocycles. The Balaban J connectivity index is 2.02. The molecule has 0 fully saturated rings. The Hall–Kier alpha value is -1.34. The zero-order valence-corrected chi connectivity index (χ0v) is 9.87. The van der Waals surface area contributed by atoms with Crippen molar-refractivity contribution in [1.82, 2.24) is 5.32 Å². The summed E-state index contributed by atoms with van der Waals surface area (Å²) in [4.78, 5) is 0. The maximum absolute atomic E-state index is 3.18. The molecule has 0 saturated carbocycles. The van der Waals surface area contributed by atoms with Gasteiger partial charge in [0.2, 0.25) is 0 Å². The van der Waals surface area contributed by atoms with E-state index in [2.05, 4.69) is 47.8 Å². The van der Waals surface area contributed by atoms with Crippen LogP contribution >= 0.6 is 0 Å². The van der Waals surface area contributed by atoms with E-state index in [9.17, 15) is 0 Å². The first kappa shape index (κ1) is 11.2. The normalized spacial score (nSPS) is 10.8. The van der Waals surface area contributed by atoms with Gasteiger partial charge in [-0.15, -0.1) is 0 Å². The Morgan fingerprint density at radius 2 is 1.75 bits per heavy atom. The Morgan fingerprint density at radius 1 is 0.938 bits per heavy atom. The first-order chi connectivity index (χ1) is 7.90. The minimum Gasteiger partial charge on any atom is -0.320 e. The van der Waals surface area contributed by atoms with Gasteiger partial charge in [-0.25, -0.2) is 0 Å². The predicted octanol–water partition coefficient (Wildman–Crippen LogP) is 3.38. The van der Waals surface area contributed by atoms with E-state index in [-0.39, 0.29) is 0 Å². The van der Waals surface area contributed by atoms with E-state index in [1.54, 1.807) is 0 Å². The van der Waals surface area contributed by atoms with Crippen molar-refractivity contribution in [3.8, 4) is 0 Å². The van der Waals surface area contributed by atoms with Gasteiger partial charge in [-0.2, -0.15) is 0 Å². The molecular weight excluding hydrogens is 194 g/mol. The van der Waals surface area contributed by atoms with Crippen LogP contribution in [0.1, 0.15) is 18.4 Å². The summed E-state index contributed by atoms with van der Waals surface area (Å²) in [6.07, 6.45) is 3.70. The van der Waals surface area contributed by atoms with Crippen LogP contribution in [0.5, 0.6) is 0 Å². The van der Waals surface area contributed by atoms with Crippen LogP contribution < -0.4 is 5.32 Å². The Morgan fingerprint density at radius 3 is 2.56 bits per heavy atom. The van der Waals surface area contributed by atoms with Gasteiger partial charge in [0, 0.05) is 0 Å². The molecule has 84 valence electrons. The van der Waals surface area contributed by atoms with E-state index in [0.29, 0.717) is 0 Å². The van der Waals surface area contributed by atoms with Gasteiger partial charge in [-0.1, -0.05) is 42.5 Å². The first-order valence-corrected chi connectivity index (χ1v) is 6.02. The number of hydrogen-bond donors (Lipinski definition) is 1. The quantitative estimate of drug-likeness (QED) is 0.751. The maximum atomic E-state index is 3.18. The average Bonchev–Trinajstić information content (AvgIpc) is 2.34. The highest BCUT2D eigenvalue weighted by atomic mass is 14.8. The van der Waals surface area contributed by atoms with Gasteiger partial charge in [0.1, 0.15) is 0 Å². The minimum atomic E-state index is 1.12. The highest BCUT2D eigenvalue weighted by Gasteiger charge is 1.96. The summed E-state index contributed by atoms with van der Waals surface area (Å²) in [5.74, 6) is 0. The van der Waals surface area contributed by atoms with E-state index in [1.807, 2.05) is 7.05 Å². The standard InChI is InChI=1S/C15H19N/c1-16-11-5-4-6-13-9-10-14-7-2-3-8-15(14)12-13/h2-3,7-10,12,16H,4-6,11H2,1H3. The topological polar surface area (TPSA) is 12.0 Å². The van der Waals surface area contributed by atoms with Crippen LogP contribution in [0.15, 0.2) is 42.5 Å². The lowest BCUT2D eigenvalue weighted by Gasteiger charge is -2.03. The number of aryl methyl sites for hydroxylation is 1. The number of rotatable bonds is 5. The molecule has 0 aliphatic rings. The van der Waals surface area contributed by atoms with Gasteiger partial charge in [0.05, 0.1) is 0 Å². The van der Waals surface area contributed by atoms with Crippen molar-refractivity contribution >= 4 is 10.8 Å². The SMILES string of the molecule is CNCCCCc1ccc2ccccc2c1. The molecule has 0 aliphatic heterocycles. The molecular formula is C15H19N. The van der Waals surface area contributed by atoms with Crippen LogP contribution in [0.2, 0.25) is 0 Å². The van der Waals surface area contributed by atoms with Crippen molar-refractivity contribution in [3.63, 3.8) is 0 Å². The van der Waals surface area contributed by atoms with Crippen molar-refractivity contribution in [2.24, 2.45) is 0 Å². The molecule has 0 unspecified atom stereocenters. The first-order valence-electron chi connectivity index (χ1n) is 6.02. The van der Waals surface area contributed by atoms with Crippen molar-refractivity contribution < 1.29 is 0 Å². The third kappa shape index (κ3) is 2.83. The van der Waals surface area contributed by atoms with Gasteiger partial charge in [0.15, 0.2) is 0 Å². The fraction of sp³-hybridized carbons (Fsp3) is 0.333. The second-order valence-corrected chi connectivity index (χ2v) is 4.24. The number of unbranched alkanes of at least 4 members (excludes halogenated alkanes) is 1. The summed E-state index contributed by atoms with van der Waals surface area (Å²) in [7, 11) is 2.01. The zero-order valence-electron chi connectivity index (χ0n) is 9.87. The Bertz CT molecular complexity index is 448. The van der Waals surface area contributed by atoms with Crippen molar-refractivity contribution in [3.05, 3.63) is 48.0 Å². The zero-order chi connectivity index (χ0) is 11.2. The van der Waals surface area contributed by atoms with E-state index in [4.69, 9.17) is 0 Å². The highest BCUT2D eigenvalue weighted by Crippen LogP contribution is 2.16. The van der Waals surface area contributed by atoms with Crippen LogP contribution in [0, 0.1) is 0 Å². The lowest BCUT2D eigenvalue weighted by Crippen LogP contribution is -2.07. The van der Waals surface area contributed by atoms with E-state index in [1.165, 1.54) is 35.6 Å². The summed E-state index contributed by atoms with van der Waals surface area (Å²) in [6.45, 7) is 1.12. The molecule has 2 aromatic rings. The number of nitrogens with one attached hydrogen (secondary N) is 1. The van der Waals surface area contributed by atoms with E-state index < -0.39 is 0 Å². The van der Waals surface area contributed by atoms with Crippen molar-refractivity contribution in [2.45, 2.75) is 19.3 Å². The van der Waals surface area contributed by atoms with Gasteiger partial charge < -0.3 is 5.32 Å². The fourth-order valence-electron chi connectivity index (χ4n) is 2.03. The number of hydrogen-bond acceptors (Lipinski definition) is 1. The summed E-state index contributed by atoms with van der Waals surface area (Å²) in [5, 5.41) is 5.87. The highest BCUT2D eigenvalue weighted by molar-refractivity contribution is 5.82. The molecule has 2 rings (SSSR count). The Labute approximate surface area is 97.5 Å². The molecule has 0 atom stereocenters. The van der Waals surface area contributed by atoms with Crippen molar-refractivity contribution in [2.75, 3.05) is 13.6 Å². The van der Waals surface area contributed by atoms with Crippen LogP contribution in [-0.2, 0) is 6.42 Å². The third-order valence-electron chi connectivity index (χ3n) is 2.96. The van der Waals surface area contributed by atoms with Crippen LogP contribution in [0.25, 0.3) is 10.8 Å². The molecule has 1 heteroatoms. The third-order valence-corrected chi connectivity index (χ3v) is 2.96. The van der Waals surface area contributed by atoms with Crippen LogP contribution in [0.4, 0.5) is 0 Å². The largest absolute Gasteiger partial charge is 0.320 e. The molecule has 0 radical (unpaired) electrons. The van der Waals surface area contributed by atoms with Gasteiger partial charge in [-0.05, 0) is 49.2 Å². The van der Waals surface area contributed by atoms with E-state index in [0.717, 1.165) is 6.54 Å². The molecule has 2 aromatic carbocycles. The van der Waals surface area contributed by atoms with Crippen LogP contribution in [0.3, 0.4) is 0 Å². The molecule has 0 bridgehead atoms. The minimum absolute atomic E-state index is 1.12. The number of fused-ring (bicyclic) bond motifs is 1. The molecule has 1 nitrogen and oxygen atoms in total. The van der Waals surface area contributed by atoms with Gasteiger partial charge >= 0.3 is 0 Å². The molecule has 16 heavy (non-hydrogen) atoms. The molecule has 0 heterocycles. The lowest BCUT2D eigenvalue weighted by molar-refractivity contribution is 0.677. The fourth-order valence-corrected chi connectivity index (χ4v) is 2.03. The monoisotopic (exact) mass is 213 g/mol. The molecule has 0 aliphatic carbocycles. The van der Waals surface area contributed by atoms with Gasteiger partial charge in [-0.3, -0.25) is 0 Å². The van der Waals surface area contributed by atoms with Gasteiger partial charge in [0.25, 0.3) is 0 Å². The number of benzene rings is 2. The van der Waals surface area contributed by atoms with Crippen molar-refractivity contribution in [1.29, 1.82) is 0 Å². The summed E-state index contributed by atoms with van der Waals surface area (Å²) >= 11 is 0. The predicted molar refractivity (Wildman–Crippen MR) is 70.8 cm³/mol.